The van der Waals surface area contributed by atoms with Crippen molar-refractivity contribution in [1.82, 2.24) is 9.55 Å². The number of hydrogen-bond acceptors (Lipinski definition) is 2. The van der Waals surface area contributed by atoms with Crippen LogP contribution in [0.1, 0.15) is 25.3 Å². The van der Waals surface area contributed by atoms with Gasteiger partial charge in [0, 0.05) is 7.05 Å². The van der Waals surface area contributed by atoms with Crippen LogP contribution in [0.4, 0.5) is 0 Å². The van der Waals surface area contributed by atoms with E-state index in [2.05, 4.69) is 18.8 Å². The van der Waals surface area contributed by atoms with Gasteiger partial charge < -0.3 is 4.57 Å². The Hall–Kier alpha value is -1.64. The minimum atomic E-state index is 0.0318. The molecule has 0 atom stereocenters. The summed E-state index contributed by atoms with van der Waals surface area (Å²) in [6.07, 6.45) is 1.56. The Kier molecular flexibility index (Phi) is 2.31. The average molecular weight is 202 g/mol. The second-order valence-electron chi connectivity index (χ2n) is 4.06. The van der Waals surface area contributed by atoms with Gasteiger partial charge in [-0.05, 0) is 17.5 Å². The number of fused-ring (bicyclic) bond motifs is 1. The molecule has 0 unspecified atom stereocenters. The van der Waals surface area contributed by atoms with Crippen molar-refractivity contribution in [1.29, 1.82) is 0 Å². The summed E-state index contributed by atoms with van der Waals surface area (Å²) in [4.78, 5) is 16.2. The maximum atomic E-state index is 12.0. The first kappa shape index (κ1) is 9.90. The summed E-state index contributed by atoms with van der Waals surface area (Å²) in [5.41, 5.74) is 1.88. The second kappa shape index (κ2) is 3.50. The lowest BCUT2D eigenvalue weighted by Crippen LogP contribution is -2.18. The van der Waals surface area contributed by atoms with Crippen LogP contribution in [0.2, 0.25) is 0 Å². The molecule has 3 nitrogen and oxygen atoms in total. The highest BCUT2D eigenvalue weighted by Gasteiger charge is 2.09. The molecule has 0 aliphatic heterocycles. The molecule has 0 fully saturated rings. The van der Waals surface area contributed by atoms with E-state index in [1.165, 1.54) is 4.57 Å². The van der Waals surface area contributed by atoms with Crippen molar-refractivity contribution < 1.29 is 0 Å². The van der Waals surface area contributed by atoms with Gasteiger partial charge in [0.1, 0.15) is 0 Å². The second-order valence-corrected chi connectivity index (χ2v) is 4.06. The van der Waals surface area contributed by atoms with Gasteiger partial charge in [-0.1, -0.05) is 26.0 Å². The number of hydrogen-bond donors (Lipinski definition) is 0. The molecule has 0 amide bonds. The summed E-state index contributed by atoms with van der Waals surface area (Å²) in [5, 5.41) is 0.748. The molecule has 0 saturated carbocycles. The van der Waals surface area contributed by atoms with Crippen LogP contribution >= 0.6 is 0 Å². The number of benzene rings is 1. The van der Waals surface area contributed by atoms with Gasteiger partial charge in [0.25, 0.3) is 5.56 Å². The number of nitrogens with zero attached hydrogens (tertiary/aromatic N) is 2. The zero-order valence-electron chi connectivity index (χ0n) is 9.19. The van der Waals surface area contributed by atoms with Crippen LogP contribution in [0.5, 0.6) is 0 Å². The Morgan fingerprint density at radius 1 is 1.33 bits per heavy atom. The van der Waals surface area contributed by atoms with Gasteiger partial charge in [0.2, 0.25) is 0 Å². The first-order chi connectivity index (χ1) is 7.11. The highest BCUT2D eigenvalue weighted by molar-refractivity contribution is 5.81. The van der Waals surface area contributed by atoms with Crippen LogP contribution in [-0.4, -0.2) is 9.55 Å². The van der Waals surface area contributed by atoms with Gasteiger partial charge in [-0.25, -0.2) is 4.98 Å². The molecule has 3 heteroatoms. The summed E-state index contributed by atoms with van der Waals surface area (Å²) in [5.74, 6) is 0.339. The zero-order chi connectivity index (χ0) is 11.0. The minimum absolute atomic E-state index is 0.0318. The molecular weight excluding hydrogens is 188 g/mol. The highest BCUT2D eigenvalue weighted by Crippen LogP contribution is 2.20. The van der Waals surface area contributed by atoms with Gasteiger partial charge >= 0.3 is 0 Å². The monoisotopic (exact) mass is 202 g/mol. The van der Waals surface area contributed by atoms with Crippen LogP contribution in [0.15, 0.2) is 29.3 Å². The SMILES string of the molecule is CC(C)c1cccc2ncn(C)c(=O)c12. The Bertz CT molecular complexity index is 555. The largest absolute Gasteiger partial charge is 0.302 e. The van der Waals surface area contributed by atoms with Crippen LogP contribution in [0.3, 0.4) is 0 Å². The van der Waals surface area contributed by atoms with Crippen molar-refractivity contribution in [3.8, 4) is 0 Å². The Morgan fingerprint density at radius 3 is 2.73 bits per heavy atom. The number of aromatic nitrogens is 2. The molecule has 0 aliphatic rings. The van der Waals surface area contributed by atoms with E-state index in [9.17, 15) is 4.79 Å². The average Bonchev–Trinajstić information content (AvgIpc) is 2.23. The van der Waals surface area contributed by atoms with Crippen LogP contribution in [0, 0.1) is 0 Å². The molecule has 0 radical (unpaired) electrons. The van der Waals surface area contributed by atoms with Crippen molar-refractivity contribution in [3.63, 3.8) is 0 Å². The number of rotatable bonds is 1. The van der Waals surface area contributed by atoms with Crippen LogP contribution in [0.25, 0.3) is 10.9 Å². The van der Waals surface area contributed by atoms with Crippen molar-refractivity contribution in [2.75, 3.05) is 0 Å². The Morgan fingerprint density at radius 2 is 2.07 bits per heavy atom. The predicted molar refractivity (Wildman–Crippen MR) is 61.1 cm³/mol. The fourth-order valence-electron chi connectivity index (χ4n) is 1.76. The molecule has 0 spiro atoms. The van der Waals surface area contributed by atoms with Crippen molar-refractivity contribution in [2.45, 2.75) is 19.8 Å². The van der Waals surface area contributed by atoms with E-state index < -0.39 is 0 Å². The summed E-state index contributed by atoms with van der Waals surface area (Å²) in [7, 11) is 1.73. The first-order valence-corrected chi connectivity index (χ1v) is 5.05. The third-order valence-corrected chi connectivity index (χ3v) is 2.60. The fraction of sp³-hybridized carbons (Fsp3) is 0.333. The summed E-state index contributed by atoms with van der Waals surface area (Å²) >= 11 is 0. The van der Waals surface area contributed by atoms with Crippen LogP contribution in [-0.2, 0) is 7.05 Å². The lowest BCUT2D eigenvalue weighted by Gasteiger charge is -2.09. The van der Waals surface area contributed by atoms with Crippen LogP contribution < -0.4 is 5.56 Å². The van der Waals surface area contributed by atoms with E-state index in [1.54, 1.807) is 13.4 Å². The third kappa shape index (κ3) is 1.54. The van der Waals surface area contributed by atoms with Crippen molar-refractivity contribution in [2.24, 2.45) is 7.05 Å². The van der Waals surface area contributed by atoms with Gasteiger partial charge in [0.05, 0.1) is 17.2 Å². The molecule has 1 aromatic carbocycles. The summed E-state index contributed by atoms with van der Waals surface area (Å²) in [6, 6.07) is 5.82. The normalized spacial score (nSPS) is 11.2. The summed E-state index contributed by atoms with van der Waals surface area (Å²) in [6.45, 7) is 4.17. The minimum Gasteiger partial charge on any atom is -0.302 e. The smallest absolute Gasteiger partial charge is 0.261 e. The van der Waals surface area contributed by atoms with E-state index in [0.29, 0.717) is 5.92 Å². The van der Waals surface area contributed by atoms with Gasteiger partial charge in [-0.2, -0.15) is 0 Å². The molecule has 0 bridgehead atoms. The molecule has 0 saturated heterocycles. The maximum Gasteiger partial charge on any atom is 0.261 e. The topological polar surface area (TPSA) is 34.9 Å². The van der Waals surface area contributed by atoms with E-state index in [0.717, 1.165) is 16.5 Å². The van der Waals surface area contributed by atoms with E-state index in [4.69, 9.17) is 0 Å². The molecule has 15 heavy (non-hydrogen) atoms. The molecular formula is C12H14N2O. The van der Waals surface area contributed by atoms with E-state index in [1.807, 2.05) is 18.2 Å². The van der Waals surface area contributed by atoms with Crippen molar-refractivity contribution >= 4 is 10.9 Å². The van der Waals surface area contributed by atoms with Gasteiger partial charge in [-0.15, -0.1) is 0 Å². The zero-order valence-corrected chi connectivity index (χ0v) is 9.19. The maximum absolute atomic E-state index is 12.0. The van der Waals surface area contributed by atoms with Gasteiger partial charge in [-0.3, -0.25) is 4.79 Å². The quantitative estimate of drug-likeness (QED) is 0.709. The fourth-order valence-corrected chi connectivity index (χ4v) is 1.76. The van der Waals surface area contributed by atoms with E-state index >= 15 is 0 Å². The number of aryl methyl sites for hydroxylation is 1. The van der Waals surface area contributed by atoms with E-state index in [-0.39, 0.29) is 5.56 Å². The third-order valence-electron chi connectivity index (χ3n) is 2.60. The molecule has 2 aromatic rings. The van der Waals surface area contributed by atoms with Gasteiger partial charge in [0.15, 0.2) is 0 Å². The van der Waals surface area contributed by atoms with Crippen molar-refractivity contribution in [3.05, 3.63) is 40.4 Å². The first-order valence-electron chi connectivity index (χ1n) is 5.05. The Balaban J connectivity index is 2.95. The molecule has 2 rings (SSSR count). The summed E-state index contributed by atoms with van der Waals surface area (Å²) < 4.78 is 1.52. The molecule has 0 aliphatic carbocycles. The predicted octanol–water partition coefficient (Wildman–Crippen LogP) is 2.06. The molecule has 1 aromatic heterocycles. The highest BCUT2D eigenvalue weighted by atomic mass is 16.1. The lowest BCUT2D eigenvalue weighted by molar-refractivity contribution is 0.829. The Labute approximate surface area is 88.4 Å². The lowest BCUT2D eigenvalue weighted by atomic mass is 9.99. The molecule has 0 N–H and O–H groups in total. The molecule has 1 heterocycles. The standard InChI is InChI=1S/C12H14N2O/c1-8(2)9-5-4-6-10-11(9)12(15)14(3)7-13-10/h4-8H,1-3H3. The molecule has 78 valence electrons.